The van der Waals surface area contributed by atoms with E-state index in [1.807, 2.05) is 56.5 Å². The van der Waals surface area contributed by atoms with E-state index >= 15 is 0 Å². The lowest BCUT2D eigenvalue weighted by atomic mass is 9.73. The topological polar surface area (TPSA) is 198 Å². The molecule has 0 aromatic carbocycles. The molecule has 2 aromatic heterocycles. The van der Waals surface area contributed by atoms with Gasteiger partial charge >= 0.3 is 12.1 Å². The molecule has 0 radical (unpaired) electrons. The monoisotopic (exact) mass is 840 g/mol. The summed E-state index contributed by atoms with van der Waals surface area (Å²) >= 11 is 0. The number of hydrogen-bond donors (Lipinski definition) is 2. The van der Waals surface area contributed by atoms with Crippen LogP contribution in [0.4, 0.5) is 10.6 Å². The van der Waals surface area contributed by atoms with Gasteiger partial charge in [-0.05, 0) is 85.5 Å². The number of aliphatic hydroxyl groups is 1. The second-order valence-corrected chi connectivity index (χ2v) is 17.7. The van der Waals surface area contributed by atoms with E-state index in [0.29, 0.717) is 38.2 Å². The number of aryl methyl sites for hydroxylation is 1. The molecule has 0 bridgehead atoms. The van der Waals surface area contributed by atoms with Crippen LogP contribution in [0.3, 0.4) is 0 Å². The zero-order valence-corrected chi connectivity index (χ0v) is 37.3. The standard InChI is InChI=1S/C44H68N6O10/c1-12-33-44(9)38(50(42(55)60-44)19-15-14-18-49-23-31(47-24-49)30-16-17-46-34(45)21-30)27(5)35(51)25(3)22-43(8,56-11)39(28(6)36(52)29(7)40(54)58-33)59-41-37(53)32(48(10)13-2)20-26(4)57-41/h16-17,21,23-29,32-33,37-39,41,53H,12-15,18-20,22H2,1-11H3,(H2,45,46)/t25-,26-,27+,28+,29-,32+,33-,37-,38+,39-,41+,43-,44-/m1/s1. The van der Waals surface area contributed by atoms with Gasteiger partial charge in [-0.2, -0.15) is 0 Å². The molecule has 3 aliphatic heterocycles. The number of unbranched alkanes of at least 4 members (excludes halogenated alkanes) is 1. The van der Waals surface area contributed by atoms with Gasteiger partial charge in [0, 0.05) is 62.0 Å². The summed E-state index contributed by atoms with van der Waals surface area (Å²) < 4.78 is 33.3. The number of carbonyl (C=O) groups excluding carboxylic acids is 4. The number of pyridine rings is 1. The lowest BCUT2D eigenvalue weighted by Crippen LogP contribution is -2.60. The third kappa shape index (κ3) is 9.72. The van der Waals surface area contributed by atoms with Gasteiger partial charge < -0.3 is 48.9 Å². The molecule has 16 nitrogen and oxygen atoms in total. The van der Waals surface area contributed by atoms with Crippen molar-refractivity contribution in [2.24, 2.45) is 23.7 Å². The van der Waals surface area contributed by atoms with E-state index in [0.717, 1.165) is 11.3 Å². The Morgan fingerprint density at radius 2 is 1.72 bits per heavy atom. The number of aromatic nitrogens is 3. The zero-order chi connectivity index (χ0) is 44.3. The Labute approximate surface area is 354 Å². The molecule has 5 heterocycles. The number of Topliss-reactive ketones (excluding diaryl/α,β-unsaturated/α-hetero) is 2. The number of carbonyl (C=O) groups is 4. The van der Waals surface area contributed by atoms with E-state index in [4.69, 9.17) is 29.4 Å². The van der Waals surface area contributed by atoms with E-state index in [9.17, 15) is 24.3 Å². The molecule has 3 N–H and O–H groups in total. The first kappa shape index (κ1) is 47.1. The predicted molar refractivity (Wildman–Crippen MR) is 223 cm³/mol. The smallest absolute Gasteiger partial charge is 0.410 e. The number of imidazole rings is 1. The minimum Gasteiger partial charge on any atom is -0.458 e. The largest absolute Gasteiger partial charge is 0.458 e. The molecule has 0 saturated carbocycles. The summed E-state index contributed by atoms with van der Waals surface area (Å²) in [6, 6.07) is 2.53. The molecule has 0 spiro atoms. The Morgan fingerprint density at radius 1 is 1.02 bits per heavy atom. The van der Waals surface area contributed by atoms with Crippen LogP contribution in [-0.2, 0) is 44.6 Å². The van der Waals surface area contributed by atoms with Crippen LogP contribution in [0.1, 0.15) is 94.4 Å². The molecule has 2 aromatic rings. The molecule has 5 rings (SSSR count). The molecule has 0 unspecified atom stereocenters. The first-order valence-corrected chi connectivity index (χ1v) is 21.6. The number of anilines is 1. The first-order chi connectivity index (χ1) is 28.3. The number of aliphatic hydroxyl groups excluding tert-OH is 1. The number of methoxy groups -OCH3 is 1. The maximum Gasteiger partial charge on any atom is 0.410 e. The fourth-order valence-electron chi connectivity index (χ4n) is 9.68. The average molecular weight is 841 g/mol. The highest BCUT2D eigenvalue weighted by molar-refractivity contribution is 6.00. The van der Waals surface area contributed by atoms with Gasteiger partial charge in [0.15, 0.2) is 17.7 Å². The number of amides is 1. The maximum absolute atomic E-state index is 14.8. The van der Waals surface area contributed by atoms with Crippen molar-refractivity contribution in [1.29, 1.82) is 0 Å². The zero-order valence-electron chi connectivity index (χ0n) is 37.3. The second kappa shape index (κ2) is 19.4. The average Bonchev–Trinajstić information content (AvgIpc) is 3.80. The summed E-state index contributed by atoms with van der Waals surface area (Å²) in [7, 11) is 3.42. The fourth-order valence-corrected chi connectivity index (χ4v) is 9.68. The number of ketones is 2. The highest BCUT2D eigenvalue weighted by Gasteiger charge is 2.60. The van der Waals surface area contributed by atoms with Crippen LogP contribution in [0.15, 0.2) is 30.9 Å². The van der Waals surface area contributed by atoms with Crippen LogP contribution in [0.25, 0.3) is 11.3 Å². The summed E-state index contributed by atoms with van der Waals surface area (Å²) in [5, 5.41) is 11.6. The number of likely N-dealkylation sites (N-methyl/N-ethyl adjacent to an activating group) is 1. The lowest BCUT2D eigenvalue weighted by molar-refractivity contribution is -0.296. The number of cyclic esters (lactones) is 1. The third-order valence-electron chi connectivity index (χ3n) is 13.3. The van der Waals surface area contributed by atoms with Gasteiger partial charge in [-0.3, -0.25) is 14.4 Å². The van der Waals surface area contributed by atoms with Crippen LogP contribution < -0.4 is 5.73 Å². The van der Waals surface area contributed by atoms with E-state index in [-0.39, 0.29) is 37.3 Å². The normalized spacial score (nSPS) is 35.9. The molecule has 3 fully saturated rings. The highest BCUT2D eigenvalue weighted by atomic mass is 16.7. The molecule has 16 heteroatoms. The van der Waals surface area contributed by atoms with E-state index in [2.05, 4.69) is 9.97 Å². The Balaban J connectivity index is 1.43. The lowest BCUT2D eigenvalue weighted by Gasteiger charge is -2.47. The van der Waals surface area contributed by atoms with Crippen molar-refractivity contribution in [2.75, 3.05) is 33.0 Å². The number of nitrogens with two attached hydrogens (primary N) is 1. The molecule has 1 amide bonds. The predicted octanol–water partition coefficient (Wildman–Crippen LogP) is 4.90. The number of rotatable bonds is 12. The summed E-state index contributed by atoms with van der Waals surface area (Å²) in [5.74, 6) is -4.59. The van der Waals surface area contributed by atoms with Crippen molar-refractivity contribution in [3.05, 3.63) is 30.9 Å². The van der Waals surface area contributed by atoms with Crippen LogP contribution in [0, 0.1) is 23.7 Å². The Morgan fingerprint density at radius 3 is 2.37 bits per heavy atom. The van der Waals surface area contributed by atoms with Gasteiger partial charge in [0.1, 0.15) is 29.7 Å². The van der Waals surface area contributed by atoms with Crippen molar-refractivity contribution in [1.82, 2.24) is 24.3 Å². The second-order valence-electron chi connectivity index (χ2n) is 17.7. The fraction of sp³-hybridized carbons (Fsp3) is 0.727. The van der Waals surface area contributed by atoms with Crippen molar-refractivity contribution in [3.8, 4) is 11.3 Å². The molecular formula is C44H68N6O10. The Bertz CT molecular complexity index is 1830. The number of nitrogens with zero attached hydrogens (tertiary/aromatic N) is 5. The van der Waals surface area contributed by atoms with Gasteiger partial charge in [0.2, 0.25) is 0 Å². The quantitative estimate of drug-likeness (QED) is 0.166. The van der Waals surface area contributed by atoms with Gasteiger partial charge in [-0.1, -0.05) is 34.6 Å². The Hall–Kier alpha value is -3.96. The maximum atomic E-state index is 14.8. The van der Waals surface area contributed by atoms with Crippen molar-refractivity contribution < 1.29 is 48.0 Å². The Kier molecular flexibility index (Phi) is 15.2. The van der Waals surface area contributed by atoms with Crippen LogP contribution in [-0.4, -0.2) is 134 Å². The molecule has 334 valence electrons. The molecule has 3 aliphatic rings. The van der Waals surface area contributed by atoms with Gasteiger partial charge in [0.25, 0.3) is 0 Å². The third-order valence-corrected chi connectivity index (χ3v) is 13.3. The van der Waals surface area contributed by atoms with Gasteiger partial charge in [-0.25, -0.2) is 14.8 Å². The number of ether oxygens (including phenoxy) is 5. The van der Waals surface area contributed by atoms with Gasteiger partial charge in [0.05, 0.1) is 35.9 Å². The van der Waals surface area contributed by atoms with Crippen LogP contribution in [0.5, 0.6) is 0 Å². The van der Waals surface area contributed by atoms with Gasteiger partial charge in [-0.15, -0.1) is 0 Å². The van der Waals surface area contributed by atoms with Crippen molar-refractivity contribution in [2.45, 2.75) is 155 Å². The molecule has 3 saturated heterocycles. The van der Waals surface area contributed by atoms with Crippen molar-refractivity contribution >= 4 is 29.4 Å². The number of nitrogen functional groups attached to an aromatic ring is 1. The van der Waals surface area contributed by atoms with E-state index < -0.39 is 83.4 Å². The summed E-state index contributed by atoms with van der Waals surface area (Å²) in [6.45, 7) is 17.6. The van der Waals surface area contributed by atoms with E-state index in [1.54, 1.807) is 51.2 Å². The minimum atomic E-state index is -1.41. The van der Waals surface area contributed by atoms with Crippen LogP contribution >= 0.6 is 0 Å². The highest BCUT2D eigenvalue weighted by Crippen LogP contribution is 2.43. The molecule has 0 aliphatic carbocycles. The summed E-state index contributed by atoms with van der Waals surface area (Å²) in [4.78, 5) is 69.2. The number of hydrogen-bond acceptors (Lipinski definition) is 14. The number of esters is 1. The molecule has 13 atom stereocenters. The summed E-state index contributed by atoms with van der Waals surface area (Å²) in [5.41, 5.74) is 4.80. The molecule has 60 heavy (non-hydrogen) atoms. The minimum absolute atomic E-state index is 0.124. The number of fused-ring (bicyclic) bond motifs is 1. The van der Waals surface area contributed by atoms with E-state index in [1.165, 1.54) is 14.0 Å². The summed E-state index contributed by atoms with van der Waals surface area (Å²) in [6.07, 6.45) is 2.48. The van der Waals surface area contributed by atoms with Crippen LogP contribution in [0.2, 0.25) is 0 Å². The SMILES string of the molecule is CC[C@H]1OC(=O)[C@H](C)C(=O)[C@H](C)[C@@H](O[C@@H]2O[C@H](C)C[C@H](N(C)CC)[C@H]2O)[C@](C)(OC)C[C@@H](C)C(=O)[C@H](C)[C@@H]2N(CCCCn3cnc(-c4ccnc(N)c4)c3)C(=O)O[C@@]21C. The molecular weight excluding hydrogens is 773 g/mol. The first-order valence-electron chi connectivity index (χ1n) is 21.6. The van der Waals surface area contributed by atoms with Crippen molar-refractivity contribution in [3.63, 3.8) is 0 Å².